The number of aromatic amines is 1. The van der Waals surface area contributed by atoms with E-state index in [1.807, 2.05) is 46.7 Å². The summed E-state index contributed by atoms with van der Waals surface area (Å²) in [6, 6.07) is 5.97. The van der Waals surface area contributed by atoms with Crippen molar-refractivity contribution in [2.75, 3.05) is 6.54 Å². The van der Waals surface area contributed by atoms with E-state index in [-0.39, 0.29) is 17.7 Å². The molecule has 7 rings (SSSR count). The number of nitrogens with zero attached hydrogens (tertiary/aromatic N) is 8. The Morgan fingerprint density at radius 1 is 1.26 bits per heavy atom. The highest BCUT2D eigenvalue weighted by Crippen LogP contribution is 2.35. The molecule has 0 bridgehead atoms. The Kier molecular flexibility index (Phi) is 4.38. The molecule has 1 aliphatic carbocycles. The second-order valence-corrected chi connectivity index (χ2v) is 9.21. The van der Waals surface area contributed by atoms with Crippen molar-refractivity contribution < 1.29 is 9.21 Å². The molecular weight excluding hydrogens is 446 g/mol. The summed E-state index contributed by atoms with van der Waals surface area (Å²) in [7, 11) is 0. The zero-order valence-electron chi connectivity index (χ0n) is 19.1. The smallest absolute Gasteiger partial charge is 0.312 e. The number of fused-ring (bicyclic) bond motifs is 2. The van der Waals surface area contributed by atoms with Crippen LogP contribution in [0.2, 0.25) is 0 Å². The molecule has 1 saturated carbocycles. The molecule has 6 heterocycles. The topological polar surface area (TPSA) is 123 Å². The van der Waals surface area contributed by atoms with Gasteiger partial charge in [-0.1, -0.05) is 6.07 Å². The van der Waals surface area contributed by atoms with Crippen molar-refractivity contribution in [1.82, 2.24) is 44.5 Å². The average molecular weight is 470 g/mol. The fourth-order valence-corrected chi connectivity index (χ4v) is 4.95. The fraction of sp³-hybridized carbons (Fsp3) is 0.333. The Balaban J connectivity index is 1.23. The summed E-state index contributed by atoms with van der Waals surface area (Å²) < 4.78 is 9.61. The Bertz CT molecular complexity index is 1550. The molecule has 2 aliphatic rings. The van der Waals surface area contributed by atoms with Gasteiger partial charge < -0.3 is 14.3 Å². The van der Waals surface area contributed by atoms with Crippen LogP contribution in [0.3, 0.4) is 0 Å². The summed E-state index contributed by atoms with van der Waals surface area (Å²) in [6.45, 7) is 2.51. The molecule has 1 N–H and O–H groups in total. The molecule has 0 spiro atoms. The number of imidazole rings is 1. The molecule has 1 atom stereocenters. The van der Waals surface area contributed by atoms with E-state index >= 15 is 0 Å². The van der Waals surface area contributed by atoms with Crippen molar-refractivity contribution in [3.8, 4) is 11.5 Å². The van der Waals surface area contributed by atoms with Gasteiger partial charge in [-0.15, -0.1) is 10.2 Å². The van der Waals surface area contributed by atoms with Gasteiger partial charge in [-0.3, -0.25) is 9.48 Å². The quantitative estimate of drug-likeness (QED) is 0.429. The molecule has 0 unspecified atom stereocenters. The van der Waals surface area contributed by atoms with Crippen molar-refractivity contribution >= 4 is 11.4 Å². The van der Waals surface area contributed by atoms with Crippen molar-refractivity contribution in [2.24, 2.45) is 0 Å². The fourth-order valence-electron chi connectivity index (χ4n) is 4.95. The number of hydrogen-bond donors (Lipinski definition) is 1. The minimum absolute atomic E-state index is 0.0553. The van der Waals surface area contributed by atoms with Crippen LogP contribution >= 0.6 is 0 Å². The summed E-state index contributed by atoms with van der Waals surface area (Å²) in [5, 5.41) is 17.4. The summed E-state index contributed by atoms with van der Waals surface area (Å²) in [6.07, 6.45) is 11.3. The van der Waals surface area contributed by atoms with Gasteiger partial charge in [-0.25, -0.2) is 9.50 Å². The number of aryl methyl sites for hydroxylation is 1. The van der Waals surface area contributed by atoms with E-state index in [9.17, 15) is 4.79 Å². The van der Waals surface area contributed by atoms with Gasteiger partial charge in [0.25, 0.3) is 5.89 Å². The summed E-state index contributed by atoms with van der Waals surface area (Å²) in [5.74, 6) is -0.112. The predicted molar refractivity (Wildman–Crippen MR) is 124 cm³/mol. The van der Waals surface area contributed by atoms with Crippen molar-refractivity contribution in [3.05, 3.63) is 71.7 Å². The molecule has 0 saturated heterocycles. The largest absolute Gasteiger partial charge is 0.412 e. The van der Waals surface area contributed by atoms with E-state index in [0.29, 0.717) is 24.6 Å². The number of carbonyl (C=O) groups excluding carboxylic acids is 1. The second kappa shape index (κ2) is 7.62. The van der Waals surface area contributed by atoms with E-state index in [1.54, 1.807) is 17.4 Å². The molecule has 176 valence electrons. The van der Waals surface area contributed by atoms with Gasteiger partial charge in [-0.05, 0) is 43.9 Å². The van der Waals surface area contributed by atoms with Crippen LogP contribution in [0.25, 0.3) is 17.0 Å². The third-order valence-electron chi connectivity index (χ3n) is 7.10. The highest BCUT2D eigenvalue weighted by atomic mass is 16.4. The van der Waals surface area contributed by atoms with Gasteiger partial charge in [0.1, 0.15) is 6.04 Å². The highest BCUT2D eigenvalue weighted by Gasteiger charge is 2.38. The third kappa shape index (κ3) is 3.18. The molecule has 5 aromatic heterocycles. The minimum atomic E-state index is -0.464. The van der Waals surface area contributed by atoms with Crippen LogP contribution in [0.1, 0.15) is 64.7 Å². The third-order valence-corrected chi connectivity index (χ3v) is 7.10. The summed E-state index contributed by atoms with van der Waals surface area (Å²) >= 11 is 0. The molecule has 1 aliphatic heterocycles. The molecule has 5 aromatic rings. The number of nitrogens with one attached hydrogen (secondary N) is 1. The first-order valence-corrected chi connectivity index (χ1v) is 11.8. The minimum Gasteiger partial charge on any atom is -0.412 e. The van der Waals surface area contributed by atoms with Gasteiger partial charge in [-0.2, -0.15) is 10.2 Å². The standard InChI is InChI=1S/C24H23N9O2/c1-14-4-3-8-32-19(14)10-18(30-32)21-20-17(25-13-26-20)7-9-31(21)24(34)23-29-28-22(35-23)15-11-27-33(12-15)16-5-2-6-16/h3-4,8,10-13,16,21H,2,5-7,9H2,1H3,(H,25,26)/t21-/m0/s1. The average Bonchev–Trinajstić information content (AvgIpc) is 3.62. The maximum Gasteiger partial charge on any atom is 0.312 e. The second-order valence-electron chi connectivity index (χ2n) is 9.21. The molecule has 0 aromatic carbocycles. The SMILES string of the molecule is Cc1cccn2nc([C@H]3c4nc[nH]c4CCN3C(=O)c3nnc(-c4cnn(C5CCC5)c4)o3)cc12. The van der Waals surface area contributed by atoms with E-state index in [1.165, 1.54) is 6.42 Å². The van der Waals surface area contributed by atoms with Crippen LogP contribution in [-0.2, 0) is 6.42 Å². The van der Waals surface area contributed by atoms with Crippen LogP contribution in [0.15, 0.2) is 47.5 Å². The number of H-pyrrole nitrogens is 1. The first-order chi connectivity index (χ1) is 17.2. The lowest BCUT2D eigenvalue weighted by Crippen LogP contribution is -2.41. The van der Waals surface area contributed by atoms with Crippen LogP contribution in [0.4, 0.5) is 0 Å². The lowest BCUT2D eigenvalue weighted by molar-refractivity contribution is 0.0646. The summed E-state index contributed by atoms with van der Waals surface area (Å²) in [4.78, 5) is 23.1. The van der Waals surface area contributed by atoms with Gasteiger partial charge in [0, 0.05) is 31.1 Å². The Labute approximate surface area is 199 Å². The van der Waals surface area contributed by atoms with Crippen molar-refractivity contribution in [3.63, 3.8) is 0 Å². The molecule has 11 heteroatoms. The van der Waals surface area contributed by atoms with Crippen molar-refractivity contribution in [1.29, 1.82) is 0 Å². The van der Waals surface area contributed by atoms with Crippen LogP contribution in [0, 0.1) is 6.92 Å². The number of pyridine rings is 1. The monoisotopic (exact) mass is 469 g/mol. The van der Waals surface area contributed by atoms with Gasteiger partial charge in [0.15, 0.2) is 0 Å². The lowest BCUT2D eigenvalue weighted by Gasteiger charge is -2.32. The van der Waals surface area contributed by atoms with Crippen molar-refractivity contribution in [2.45, 2.75) is 44.7 Å². The number of hydrogen-bond acceptors (Lipinski definition) is 7. The maximum absolute atomic E-state index is 13.6. The molecule has 1 amide bonds. The van der Waals surface area contributed by atoms with Crippen LogP contribution in [0.5, 0.6) is 0 Å². The van der Waals surface area contributed by atoms with Gasteiger partial charge in [0.05, 0.1) is 41.0 Å². The summed E-state index contributed by atoms with van der Waals surface area (Å²) in [5.41, 5.74) is 5.33. The number of amides is 1. The molecule has 0 radical (unpaired) electrons. The number of carbonyl (C=O) groups is 1. The highest BCUT2D eigenvalue weighted by molar-refractivity contribution is 5.90. The first kappa shape index (κ1) is 20.1. The van der Waals surface area contributed by atoms with E-state index < -0.39 is 6.04 Å². The van der Waals surface area contributed by atoms with E-state index in [0.717, 1.165) is 41.0 Å². The molecular formula is C24H23N9O2. The zero-order chi connectivity index (χ0) is 23.5. The van der Waals surface area contributed by atoms with Gasteiger partial charge in [0.2, 0.25) is 0 Å². The molecule has 11 nitrogen and oxygen atoms in total. The number of aromatic nitrogens is 8. The van der Waals surface area contributed by atoms with Gasteiger partial charge >= 0.3 is 11.8 Å². The van der Waals surface area contributed by atoms with Crippen LogP contribution in [-0.4, -0.2) is 56.9 Å². The van der Waals surface area contributed by atoms with E-state index in [2.05, 4.69) is 25.3 Å². The Hall–Kier alpha value is -4.28. The molecule has 35 heavy (non-hydrogen) atoms. The molecule has 1 fully saturated rings. The number of rotatable bonds is 4. The first-order valence-electron chi connectivity index (χ1n) is 11.8. The lowest BCUT2D eigenvalue weighted by atomic mass is 9.93. The normalized spacial score (nSPS) is 18.1. The Morgan fingerprint density at radius 2 is 2.17 bits per heavy atom. The van der Waals surface area contributed by atoms with E-state index in [4.69, 9.17) is 9.52 Å². The predicted octanol–water partition coefficient (Wildman–Crippen LogP) is 3.13. The van der Waals surface area contributed by atoms with Crippen LogP contribution < -0.4 is 0 Å². The maximum atomic E-state index is 13.6. The zero-order valence-corrected chi connectivity index (χ0v) is 19.1. The Morgan fingerprint density at radius 3 is 3.00 bits per heavy atom.